The maximum absolute atomic E-state index is 12.5. The molecule has 0 aliphatic heterocycles. The molecule has 1 unspecified atom stereocenters. The van der Waals surface area contributed by atoms with E-state index in [2.05, 4.69) is 5.32 Å². The van der Waals surface area contributed by atoms with Gasteiger partial charge in [0.25, 0.3) is 5.91 Å². The second kappa shape index (κ2) is 7.83. The van der Waals surface area contributed by atoms with Crippen molar-refractivity contribution in [2.24, 2.45) is 11.7 Å². The normalized spacial score (nSPS) is 14.2. The highest BCUT2D eigenvalue weighted by Gasteiger charge is 2.31. The fourth-order valence-corrected chi connectivity index (χ4v) is 2.24. The standard InChI is InChI=1S/C15H21F3N2O.ClH/c1-10(2)8-14(3,9-19)20-13(21)11-4-6-12(7-5-11)15(16,17)18;/h4-7,10H,8-9,19H2,1-3H3,(H,20,21);1H. The van der Waals surface area contributed by atoms with Crippen LogP contribution in [0.15, 0.2) is 24.3 Å². The number of carbonyl (C=O) groups excluding carboxylic acids is 1. The topological polar surface area (TPSA) is 55.1 Å². The van der Waals surface area contributed by atoms with Gasteiger partial charge in [0.2, 0.25) is 0 Å². The van der Waals surface area contributed by atoms with Crippen LogP contribution in [0.5, 0.6) is 0 Å². The Morgan fingerprint density at radius 2 is 1.73 bits per heavy atom. The molecule has 0 heterocycles. The average Bonchev–Trinajstić information content (AvgIpc) is 2.36. The Morgan fingerprint density at radius 1 is 1.23 bits per heavy atom. The van der Waals surface area contributed by atoms with Gasteiger partial charge >= 0.3 is 6.18 Å². The van der Waals surface area contributed by atoms with E-state index in [9.17, 15) is 18.0 Å². The van der Waals surface area contributed by atoms with Gasteiger partial charge in [0.15, 0.2) is 0 Å². The van der Waals surface area contributed by atoms with Crippen LogP contribution in [0.4, 0.5) is 13.2 Å². The predicted octanol–water partition coefficient (Wildman–Crippen LogP) is 3.62. The molecule has 1 aromatic carbocycles. The summed E-state index contributed by atoms with van der Waals surface area (Å²) >= 11 is 0. The summed E-state index contributed by atoms with van der Waals surface area (Å²) in [5, 5.41) is 2.80. The number of nitrogens with two attached hydrogens (primary N) is 1. The molecule has 126 valence electrons. The van der Waals surface area contributed by atoms with Gasteiger partial charge in [-0.1, -0.05) is 13.8 Å². The largest absolute Gasteiger partial charge is 0.416 e. The number of amides is 1. The van der Waals surface area contributed by atoms with Gasteiger partial charge in [0.05, 0.1) is 5.56 Å². The van der Waals surface area contributed by atoms with Gasteiger partial charge in [0, 0.05) is 17.6 Å². The number of rotatable bonds is 5. The van der Waals surface area contributed by atoms with Gasteiger partial charge < -0.3 is 11.1 Å². The van der Waals surface area contributed by atoms with Crippen molar-refractivity contribution in [3.05, 3.63) is 35.4 Å². The number of benzene rings is 1. The van der Waals surface area contributed by atoms with Crippen molar-refractivity contribution < 1.29 is 18.0 Å². The number of hydrogen-bond acceptors (Lipinski definition) is 2. The van der Waals surface area contributed by atoms with Crippen molar-refractivity contribution in [3.63, 3.8) is 0 Å². The minimum absolute atomic E-state index is 0. The summed E-state index contributed by atoms with van der Waals surface area (Å²) in [7, 11) is 0. The molecule has 0 radical (unpaired) electrons. The molecule has 0 aliphatic rings. The lowest BCUT2D eigenvalue weighted by Crippen LogP contribution is -2.52. The number of alkyl halides is 3. The number of hydrogen-bond donors (Lipinski definition) is 2. The van der Waals surface area contributed by atoms with Crippen molar-refractivity contribution in [2.75, 3.05) is 6.54 Å². The molecule has 1 rings (SSSR count). The van der Waals surface area contributed by atoms with Crippen LogP contribution in [0.1, 0.15) is 43.1 Å². The van der Waals surface area contributed by atoms with E-state index in [1.54, 1.807) is 0 Å². The number of nitrogens with one attached hydrogen (secondary N) is 1. The Balaban J connectivity index is 0.00000441. The Kier molecular flexibility index (Phi) is 7.38. The molecular formula is C15H22ClF3N2O. The lowest BCUT2D eigenvalue weighted by Gasteiger charge is -2.31. The highest BCUT2D eigenvalue weighted by Crippen LogP contribution is 2.29. The molecule has 22 heavy (non-hydrogen) atoms. The smallest absolute Gasteiger partial charge is 0.346 e. The molecular weight excluding hydrogens is 317 g/mol. The number of carbonyl (C=O) groups is 1. The molecule has 7 heteroatoms. The van der Waals surface area contributed by atoms with Gasteiger partial charge in [-0.25, -0.2) is 0 Å². The van der Waals surface area contributed by atoms with Gasteiger partial charge in [-0.15, -0.1) is 12.4 Å². The van der Waals surface area contributed by atoms with Gasteiger partial charge in [-0.05, 0) is 43.5 Å². The maximum atomic E-state index is 12.5. The lowest BCUT2D eigenvalue weighted by molar-refractivity contribution is -0.137. The molecule has 0 aromatic heterocycles. The van der Waals surface area contributed by atoms with Crippen LogP contribution in [0.25, 0.3) is 0 Å². The van der Waals surface area contributed by atoms with Gasteiger partial charge in [-0.3, -0.25) is 4.79 Å². The fraction of sp³-hybridized carbons (Fsp3) is 0.533. The molecule has 1 aromatic rings. The Labute approximate surface area is 134 Å². The summed E-state index contributed by atoms with van der Waals surface area (Å²) in [6.07, 6.45) is -3.71. The minimum atomic E-state index is -4.40. The Morgan fingerprint density at radius 3 is 2.09 bits per heavy atom. The molecule has 0 spiro atoms. The summed E-state index contributed by atoms with van der Waals surface area (Å²) in [6, 6.07) is 4.14. The van der Waals surface area contributed by atoms with E-state index >= 15 is 0 Å². The SMILES string of the molecule is CC(C)CC(C)(CN)NC(=O)c1ccc(C(F)(F)F)cc1.Cl. The van der Waals surface area contributed by atoms with Gasteiger partial charge in [-0.2, -0.15) is 13.2 Å². The predicted molar refractivity (Wildman–Crippen MR) is 83.1 cm³/mol. The number of halogens is 4. The van der Waals surface area contributed by atoms with E-state index in [4.69, 9.17) is 5.73 Å². The highest BCUT2D eigenvalue weighted by atomic mass is 35.5. The first kappa shape index (κ1) is 20.7. The maximum Gasteiger partial charge on any atom is 0.416 e. The van der Waals surface area contributed by atoms with Crippen LogP contribution >= 0.6 is 12.4 Å². The van der Waals surface area contributed by atoms with Crippen LogP contribution in [-0.2, 0) is 6.18 Å². The Bertz CT molecular complexity index is 489. The summed E-state index contributed by atoms with van der Waals surface area (Å²) in [6.45, 7) is 6.11. The minimum Gasteiger partial charge on any atom is -0.346 e. The molecule has 3 nitrogen and oxygen atoms in total. The van der Waals surface area contributed by atoms with E-state index in [0.717, 1.165) is 12.1 Å². The summed E-state index contributed by atoms with van der Waals surface area (Å²) in [5.41, 5.74) is 4.54. The molecule has 0 fully saturated rings. The third-order valence-electron chi connectivity index (χ3n) is 3.20. The molecule has 1 atom stereocenters. The van der Waals surface area contributed by atoms with Crippen molar-refractivity contribution in [1.29, 1.82) is 0 Å². The summed E-state index contributed by atoms with van der Waals surface area (Å²) in [5.74, 6) is -0.0798. The highest BCUT2D eigenvalue weighted by molar-refractivity contribution is 5.94. The van der Waals surface area contributed by atoms with E-state index < -0.39 is 23.2 Å². The van der Waals surface area contributed by atoms with Crippen LogP contribution in [0.2, 0.25) is 0 Å². The van der Waals surface area contributed by atoms with E-state index in [1.165, 1.54) is 12.1 Å². The van der Waals surface area contributed by atoms with Crippen LogP contribution in [-0.4, -0.2) is 18.0 Å². The fourth-order valence-electron chi connectivity index (χ4n) is 2.24. The van der Waals surface area contributed by atoms with Crippen LogP contribution in [0, 0.1) is 5.92 Å². The Hall–Kier alpha value is -1.27. The third-order valence-corrected chi connectivity index (χ3v) is 3.20. The van der Waals surface area contributed by atoms with E-state index in [0.29, 0.717) is 12.3 Å². The second-order valence-electron chi connectivity index (χ2n) is 5.89. The van der Waals surface area contributed by atoms with E-state index in [1.807, 2.05) is 20.8 Å². The van der Waals surface area contributed by atoms with Crippen molar-refractivity contribution in [3.8, 4) is 0 Å². The van der Waals surface area contributed by atoms with Crippen LogP contribution in [0.3, 0.4) is 0 Å². The first-order valence-electron chi connectivity index (χ1n) is 6.77. The quantitative estimate of drug-likeness (QED) is 0.861. The molecule has 1 amide bonds. The molecule has 0 saturated heterocycles. The first-order valence-corrected chi connectivity index (χ1v) is 6.77. The zero-order chi connectivity index (χ0) is 16.3. The molecule has 0 saturated carbocycles. The zero-order valence-corrected chi connectivity index (χ0v) is 13.6. The second-order valence-corrected chi connectivity index (χ2v) is 5.89. The van der Waals surface area contributed by atoms with Crippen molar-refractivity contribution in [1.82, 2.24) is 5.32 Å². The third kappa shape index (κ3) is 5.85. The molecule has 0 aliphatic carbocycles. The first-order chi connectivity index (χ1) is 9.57. The summed E-state index contributed by atoms with van der Waals surface area (Å²) in [4.78, 5) is 12.1. The monoisotopic (exact) mass is 338 g/mol. The van der Waals surface area contributed by atoms with Crippen molar-refractivity contribution in [2.45, 2.75) is 38.9 Å². The average molecular weight is 339 g/mol. The molecule has 3 N–H and O–H groups in total. The zero-order valence-electron chi connectivity index (χ0n) is 12.8. The van der Waals surface area contributed by atoms with Crippen LogP contribution < -0.4 is 11.1 Å². The van der Waals surface area contributed by atoms with E-state index in [-0.39, 0.29) is 24.5 Å². The van der Waals surface area contributed by atoms with Crippen molar-refractivity contribution >= 4 is 18.3 Å². The van der Waals surface area contributed by atoms with Gasteiger partial charge in [0.1, 0.15) is 0 Å². The lowest BCUT2D eigenvalue weighted by atomic mass is 9.90. The molecule has 0 bridgehead atoms. The summed E-state index contributed by atoms with van der Waals surface area (Å²) < 4.78 is 37.4.